The van der Waals surface area contributed by atoms with E-state index in [1.165, 1.54) is 17.8 Å². The Labute approximate surface area is 120 Å². The Balaban J connectivity index is 1.92. The minimum absolute atomic E-state index is 0.523. The number of rotatable bonds is 10. The summed E-state index contributed by atoms with van der Waals surface area (Å²) in [5.41, 5.74) is 1.00. The molecule has 0 aliphatic rings. The van der Waals surface area contributed by atoms with Crippen molar-refractivity contribution in [1.82, 2.24) is 4.98 Å². The van der Waals surface area contributed by atoms with Crippen LogP contribution in [0, 0.1) is 5.92 Å². The quantitative estimate of drug-likeness (QED) is 0.462. The van der Waals surface area contributed by atoms with Crippen LogP contribution >= 0.6 is 22.9 Å². The van der Waals surface area contributed by atoms with E-state index < -0.39 is 0 Å². The summed E-state index contributed by atoms with van der Waals surface area (Å²) in [6.07, 6.45) is 5.78. The highest BCUT2D eigenvalue weighted by Crippen LogP contribution is 2.14. The lowest BCUT2D eigenvalue weighted by Crippen LogP contribution is -1.99. The fourth-order valence-electron chi connectivity index (χ4n) is 1.70. The average molecular weight is 290 g/mol. The van der Waals surface area contributed by atoms with E-state index in [0.29, 0.717) is 5.88 Å². The van der Waals surface area contributed by atoms with E-state index in [2.05, 4.69) is 18.8 Å². The molecule has 0 aromatic carbocycles. The Kier molecular flexibility index (Phi) is 8.64. The highest BCUT2D eigenvalue weighted by molar-refractivity contribution is 7.09. The number of unbranched alkanes of at least 4 members (excludes halogenated alkanes) is 1. The van der Waals surface area contributed by atoms with Gasteiger partial charge in [-0.05, 0) is 38.0 Å². The molecule has 2 nitrogen and oxygen atoms in total. The standard InChI is InChI=1S/C14H24ClNOS/c1-12(2)6-5-9-17-8-4-3-7-14-16-13(10-15)11-18-14/h11-12H,3-10H2,1-2H3. The molecule has 0 spiro atoms. The number of halogens is 1. The Morgan fingerprint density at radius 3 is 2.72 bits per heavy atom. The number of aromatic nitrogens is 1. The van der Waals surface area contributed by atoms with Crippen molar-refractivity contribution in [2.45, 2.75) is 51.8 Å². The summed E-state index contributed by atoms with van der Waals surface area (Å²) in [7, 11) is 0. The summed E-state index contributed by atoms with van der Waals surface area (Å²) >= 11 is 7.43. The lowest BCUT2D eigenvalue weighted by Gasteiger charge is -2.05. The maximum Gasteiger partial charge on any atom is 0.0928 e. The summed E-state index contributed by atoms with van der Waals surface area (Å²) in [6.45, 7) is 6.30. The summed E-state index contributed by atoms with van der Waals surface area (Å²) in [5.74, 6) is 1.31. The van der Waals surface area contributed by atoms with Crippen molar-refractivity contribution in [3.05, 3.63) is 16.1 Å². The summed E-state index contributed by atoms with van der Waals surface area (Å²) in [4.78, 5) is 4.44. The van der Waals surface area contributed by atoms with Gasteiger partial charge in [-0.25, -0.2) is 4.98 Å². The number of aryl methyl sites for hydroxylation is 1. The van der Waals surface area contributed by atoms with E-state index >= 15 is 0 Å². The van der Waals surface area contributed by atoms with E-state index in [1.807, 2.05) is 5.38 Å². The summed E-state index contributed by atoms with van der Waals surface area (Å²) < 4.78 is 5.61. The first kappa shape index (κ1) is 15.9. The molecule has 0 atom stereocenters. The van der Waals surface area contributed by atoms with Gasteiger partial charge in [-0.15, -0.1) is 22.9 Å². The molecule has 0 amide bonds. The fourth-order valence-corrected chi connectivity index (χ4v) is 2.77. The van der Waals surface area contributed by atoms with Crippen molar-refractivity contribution in [3.63, 3.8) is 0 Å². The maximum absolute atomic E-state index is 5.72. The van der Waals surface area contributed by atoms with Gasteiger partial charge in [0.05, 0.1) is 16.6 Å². The van der Waals surface area contributed by atoms with Gasteiger partial charge in [-0.3, -0.25) is 0 Å². The molecule has 0 unspecified atom stereocenters. The summed E-state index contributed by atoms with van der Waals surface area (Å²) in [5, 5.41) is 3.25. The van der Waals surface area contributed by atoms with Gasteiger partial charge >= 0.3 is 0 Å². The number of ether oxygens (including phenoxy) is 1. The maximum atomic E-state index is 5.72. The van der Waals surface area contributed by atoms with Gasteiger partial charge in [-0.1, -0.05) is 13.8 Å². The lowest BCUT2D eigenvalue weighted by molar-refractivity contribution is 0.124. The normalized spacial score (nSPS) is 11.3. The van der Waals surface area contributed by atoms with Crippen molar-refractivity contribution >= 4 is 22.9 Å². The van der Waals surface area contributed by atoms with E-state index in [4.69, 9.17) is 16.3 Å². The third-order valence-corrected chi connectivity index (χ3v) is 3.97. The highest BCUT2D eigenvalue weighted by atomic mass is 35.5. The molecule has 0 fully saturated rings. The molecule has 1 aromatic heterocycles. The molecular formula is C14H24ClNOS. The van der Waals surface area contributed by atoms with Gasteiger partial charge < -0.3 is 4.74 Å². The third-order valence-electron chi connectivity index (χ3n) is 2.74. The smallest absolute Gasteiger partial charge is 0.0928 e. The number of hydrogen-bond donors (Lipinski definition) is 0. The van der Waals surface area contributed by atoms with Crippen LogP contribution in [0.15, 0.2) is 5.38 Å². The SMILES string of the molecule is CC(C)CCCOCCCCc1nc(CCl)cs1. The fraction of sp³-hybridized carbons (Fsp3) is 0.786. The van der Waals surface area contributed by atoms with Crippen LogP contribution in [0.5, 0.6) is 0 Å². The predicted molar refractivity (Wildman–Crippen MR) is 79.5 cm³/mol. The predicted octanol–water partition coefficient (Wildman–Crippen LogP) is 4.66. The second kappa shape index (κ2) is 9.76. The van der Waals surface area contributed by atoms with Crippen molar-refractivity contribution in [2.75, 3.05) is 13.2 Å². The monoisotopic (exact) mass is 289 g/mol. The zero-order chi connectivity index (χ0) is 13.2. The minimum Gasteiger partial charge on any atom is -0.381 e. The van der Waals surface area contributed by atoms with E-state index in [0.717, 1.165) is 44.1 Å². The Hall–Kier alpha value is -0.120. The molecule has 18 heavy (non-hydrogen) atoms. The second-order valence-electron chi connectivity index (χ2n) is 4.97. The molecule has 0 saturated carbocycles. The summed E-state index contributed by atoms with van der Waals surface area (Å²) in [6, 6.07) is 0. The van der Waals surface area contributed by atoms with Gasteiger partial charge in [0.2, 0.25) is 0 Å². The zero-order valence-electron chi connectivity index (χ0n) is 11.5. The van der Waals surface area contributed by atoms with Crippen LogP contribution in [-0.4, -0.2) is 18.2 Å². The number of hydrogen-bond acceptors (Lipinski definition) is 3. The van der Waals surface area contributed by atoms with Crippen LogP contribution in [0.2, 0.25) is 0 Å². The first-order valence-corrected chi connectivity index (χ1v) is 8.20. The van der Waals surface area contributed by atoms with Crippen LogP contribution in [0.4, 0.5) is 0 Å². The van der Waals surface area contributed by atoms with Crippen molar-refractivity contribution < 1.29 is 4.74 Å². The highest BCUT2D eigenvalue weighted by Gasteiger charge is 2.00. The Morgan fingerprint density at radius 1 is 1.28 bits per heavy atom. The van der Waals surface area contributed by atoms with Crippen LogP contribution in [0.1, 0.15) is 50.2 Å². The molecule has 0 N–H and O–H groups in total. The molecule has 0 saturated heterocycles. The van der Waals surface area contributed by atoms with Crippen LogP contribution in [-0.2, 0) is 17.0 Å². The van der Waals surface area contributed by atoms with E-state index in [1.54, 1.807) is 11.3 Å². The number of thiazole rings is 1. The molecule has 0 aliphatic carbocycles. The molecule has 4 heteroatoms. The molecule has 104 valence electrons. The average Bonchev–Trinajstić information content (AvgIpc) is 2.80. The molecule has 1 heterocycles. The topological polar surface area (TPSA) is 22.1 Å². The van der Waals surface area contributed by atoms with Gasteiger partial charge in [0.1, 0.15) is 0 Å². The van der Waals surface area contributed by atoms with Gasteiger partial charge in [-0.2, -0.15) is 0 Å². The minimum atomic E-state index is 0.523. The van der Waals surface area contributed by atoms with Crippen LogP contribution < -0.4 is 0 Å². The third kappa shape index (κ3) is 7.34. The number of alkyl halides is 1. The molecule has 1 rings (SSSR count). The van der Waals surface area contributed by atoms with Gasteiger partial charge in [0.25, 0.3) is 0 Å². The first-order valence-electron chi connectivity index (χ1n) is 6.79. The van der Waals surface area contributed by atoms with Crippen LogP contribution in [0.25, 0.3) is 0 Å². The van der Waals surface area contributed by atoms with Gasteiger partial charge in [0.15, 0.2) is 0 Å². The van der Waals surface area contributed by atoms with Gasteiger partial charge in [0, 0.05) is 18.6 Å². The lowest BCUT2D eigenvalue weighted by atomic mass is 10.1. The van der Waals surface area contributed by atoms with Crippen molar-refractivity contribution in [3.8, 4) is 0 Å². The molecule has 0 bridgehead atoms. The molecular weight excluding hydrogens is 266 g/mol. The Morgan fingerprint density at radius 2 is 2.06 bits per heavy atom. The number of nitrogens with zero attached hydrogens (tertiary/aromatic N) is 1. The van der Waals surface area contributed by atoms with Crippen molar-refractivity contribution in [1.29, 1.82) is 0 Å². The largest absolute Gasteiger partial charge is 0.381 e. The Bertz CT molecular complexity index is 314. The van der Waals surface area contributed by atoms with E-state index in [9.17, 15) is 0 Å². The molecule has 1 aromatic rings. The van der Waals surface area contributed by atoms with Crippen LogP contribution in [0.3, 0.4) is 0 Å². The van der Waals surface area contributed by atoms with E-state index in [-0.39, 0.29) is 0 Å². The molecule has 0 aliphatic heterocycles. The molecule has 0 radical (unpaired) electrons. The first-order chi connectivity index (χ1) is 8.72. The zero-order valence-corrected chi connectivity index (χ0v) is 13.0. The second-order valence-corrected chi connectivity index (χ2v) is 6.18. The van der Waals surface area contributed by atoms with Crippen molar-refractivity contribution in [2.24, 2.45) is 5.92 Å².